The average molecular weight is 123 g/mol. The molecular weight excluding hydrogens is 112 g/mol. The van der Waals surface area contributed by atoms with Gasteiger partial charge < -0.3 is 4.42 Å². The van der Waals surface area contributed by atoms with Crippen molar-refractivity contribution in [1.29, 1.82) is 0 Å². The molecule has 0 amide bonds. The van der Waals surface area contributed by atoms with E-state index in [0.29, 0.717) is 0 Å². The van der Waals surface area contributed by atoms with Gasteiger partial charge in [0, 0.05) is 0 Å². The molecule has 0 bridgehead atoms. The Morgan fingerprint density at radius 3 is 3.00 bits per heavy atom. The normalized spacial score (nSPS) is 9.89. The summed E-state index contributed by atoms with van der Waals surface area (Å²) in [7, 11) is 0. The molecule has 0 aliphatic carbocycles. The summed E-state index contributed by atoms with van der Waals surface area (Å²) in [5.41, 5.74) is 1.28. The van der Waals surface area contributed by atoms with Crippen molar-refractivity contribution in [2.75, 3.05) is 0 Å². The lowest BCUT2D eigenvalue weighted by atomic mass is 10.2. The minimum atomic E-state index is 1.01. The van der Waals surface area contributed by atoms with Crippen LogP contribution in [0.2, 0.25) is 0 Å². The highest BCUT2D eigenvalue weighted by atomic mass is 16.3. The molecule has 1 rings (SSSR count). The van der Waals surface area contributed by atoms with Gasteiger partial charge in [0.1, 0.15) is 0 Å². The molecule has 1 aromatic rings. The van der Waals surface area contributed by atoms with Crippen LogP contribution in [0.3, 0.4) is 0 Å². The van der Waals surface area contributed by atoms with Gasteiger partial charge in [-0.1, -0.05) is 13.3 Å². The Morgan fingerprint density at radius 2 is 2.44 bits per heavy atom. The Kier molecular flexibility index (Phi) is 2.37. The molecule has 0 saturated carbocycles. The van der Waals surface area contributed by atoms with Gasteiger partial charge >= 0.3 is 0 Å². The maximum Gasteiger partial charge on any atom is 0.0934 e. The molecule has 9 heavy (non-hydrogen) atoms. The molecule has 49 valence electrons. The van der Waals surface area contributed by atoms with Crippen molar-refractivity contribution in [2.24, 2.45) is 0 Å². The number of rotatable bonds is 3. The molecule has 1 aromatic heterocycles. The minimum Gasteiger partial charge on any atom is -0.472 e. The molecular formula is C8H11O. The summed E-state index contributed by atoms with van der Waals surface area (Å²) in [6.07, 6.45) is 6.75. The fourth-order valence-electron chi connectivity index (χ4n) is 0.764. The first kappa shape index (κ1) is 6.40. The SMILES string of the molecule is [CH2]CCCc1ccoc1. The van der Waals surface area contributed by atoms with E-state index in [-0.39, 0.29) is 0 Å². The lowest BCUT2D eigenvalue weighted by Crippen LogP contribution is -1.78. The second kappa shape index (κ2) is 3.33. The topological polar surface area (TPSA) is 13.1 Å². The third kappa shape index (κ3) is 1.92. The van der Waals surface area contributed by atoms with E-state index in [0.717, 1.165) is 19.3 Å². The van der Waals surface area contributed by atoms with Gasteiger partial charge in [-0.15, -0.1) is 0 Å². The fraction of sp³-hybridized carbons (Fsp3) is 0.375. The first-order valence-corrected chi connectivity index (χ1v) is 3.24. The van der Waals surface area contributed by atoms with Gasteiger partial charge in [-0.3, -0.25) is 0 Å². The van der Waals surface area contributed by atoms with E-state index < -0.39 is 0 Å². The van der Waals surface area contributed by atoms with Gasteiger partial charge in [-0.2, -0.15) is 0 Å². The Morgan fingerprint density at radius 1 is 1.56 bits per heavy atom. The lowest BCUT2D eigenvalue weighted by Gasteiger charge is -1.89. The van der Waals surface area contributed by atoms with Crippen LogP contribution < -0.4 is 0 Å². The molecule has 0 aliphatic rings. The highest BCUT2D eigenvalue weighted by molar-refractivity contribution is 5.04. The molecule has 0 atom stereocenters. The second-order valence-electron chi connectivity index (χ2n) is 2.09. The molecule has 0 saturated heterocycles. The van der Waals surface area contributed by atoms with Gasteiger partial charge in [0.25, 0.3) is 0 Å². The number of unbranched alkanes of at least 4 members (excludes halogenated alkanes) is 1. The zero-order valence-electron chi connectivity index (χ0n) is 5.47. The molecule has 0 aromatic carbocycles. The van der Waals surface area contributed by atoms with Crippen molar-refractivity contribution in [3.05, 3.63) is 31.1 Å². The van der Waals surface area contributed by atoms with E-state index in [1.165, 1.54) is 5.56 Å². The summed E-state index contributed by atoms with van der Waals surface area (Å²) in [6, 6.07) is 2.00. The number of hydrogen-bond donors (Lipinski definition) is 0. The van der Waals surface area contributed by atoms with Gasteiger partial charge in [-0.25, -0.2) is 0 Å². The maximum atomic E-state index is 4.89. The van der Waals surface area contributed by atoms with Gasteiger partial charge in [0.05, 0.1) is 12.5 Å². The van der Waals surface area contributed by atoms with Crippen molar-refractivity contribution < 1.29 is 4.42 Å². The third-order valence-corrected chi connectivity index (χ3v) is 1.30. The van der Waals surface area contributed by atoms with E-state index in [9.17, 15) is 0 Å². The summed E-state index contributed by atoms with van der Waals surface area (Å²) in [5.74, 6) is 0. The van der Waals surface area contributed by atoms with E-state index in [4.69, 9.17) is 4.42 Å². The first-order chi connectivity index (χ1) is 4.43. The Balaban J connectivity index is 2.30. The van der Waals surface area contributed by atoms with E-state index >= 15 is 0 Å². The fourth-order valence-corrected chi connectivity index (χ4v) is 0.764. The zero-order valence-corrected chi connectivity index (χ0v) is 5.47. The average Bonchev–Trinajstić information content (AvgIpc) is 2.34. The van der Waals surface area contributed by atoms with Crippen LogP contribution in [-0.2, 0) is 6.42 Å². The van der Waals surface area contributed by atoms with Crippen molar-refractivity contribution in [1.82, 2.24) is 0 Å². The molecule has 0 unspecified atom stereocenters. The van der Waals surface area contributed by atoms with Crippen LogP contribution in [0.25, 0.3) is 0 Å². The highest BCUT2D eigenvalue weighted by Gasteiger charge is 1.90. The lowest BCUT2D eigenvalue weighted by molar-refractivity contribution is 0.563. The van der Waals surface area contributed by atoms with Crippen molar-refractivity contribution in [3.63, 3.8) is 0 Å². The van der Waals surface area contributed by atoms with Crippen LogP contribution in [0.5, 0.6) is 0 Å². The second-order valence-corrected chi connectivity index (χ2v) is 2.09. The standard InChI is InChI=1S/C8H11O/c1-2-3-4-8-5-6-9-7-8/h5-7H,1-4H2. The van der Waals surface area contributed by atoms with Crippen LogP contribution in [0.4, 0.5) is 0 Å². The van der Waals surface area contributed by atoms with Crippen LogP contribution in [-0.4, -0.2) is 0 Å². The van der Waals surface area contributed by atoms with Crippen LogP contribution in [0.1, 0.15) is 18.4 Å². The summed E-state index contributed by atoms with van der Waals surface area (Å²) >= 11 is 0. The van der Waals surface area contributed by atoms with E-state index in [1.54, 1.807) is 12.5 Å². The summed E-state index contributed by atoms with van der Waals surface area (Å²) in [6.45, 7) is 3.75. The highest BCUT2D eigenvalue weighted by Crippen LogP contribution is 2.04. The van der Waals surface area contributed by atoms with E-state index in [2.05, 4.69) is 6.92 Å². The number of aryl methyl sites for hydroxylation is 1. The van der Waals surface area contributed by atoms with Crippen LogP contribution in [0, 0.1) is 6.92 Å². The Bertz CT molecular complexity index is 142. The number of hydrogen-bond acceptors (Lipinski definition) is 1. The van der Waals surface area contributed by atoms with Gasteiger partial charge in [-0.05, 0) is 24.5 Å². The largest absolute Gasteiger partial charge is 0.472 e. The maximum absolute atomic E-state index is 4.89. The molecule has 0 spiro atoms. The predicted octanol–water partition coefficient (Wildman–Crippen LogP) is 2.44. The minimum absolute atomic E-state index is 1.01. The van der Waals surface area contributed by atoms with Gasteiger partial charge in [0.15, 0.2) is 0 Å². The summed E-state index contributed by atoms with van der Waals surface area (Å²) in [5, 5.41) is 0. The first-order valence-electron chi connectivity index (χ1n) is 3.24. The molecule has 1 nitrogen and oxygen atoms in total. The van der Waals surface area contributed by atoms with Crippen LogP contribution >= 0.6 is 0 Å². The number of furan rings is 1. The van der Waals surface area contributed by atoms with E-state index in [1.807, 2.05) is 6.07 Å². The monoisotopic (exact) mass is 123 g/mol. The van der Waals surface area contributed by atoms with Crippen molar-refractivity contribution in [2.45, 2.75) is 19.3 Å². The Hall–Kier alpha value is -0.720. The smallest absolute Gasteiger partial charge is 0.0934 e. The molecule has 1 heteroatoms. The van der Waals surface area contributed by atoms with Gasteiger partial charge in [0.2, 0.25) is 0 Å². The quantitative estimate of drug-likeness (QED) is 0.601. The molecule has 1 radical (unpaired) electrons. The van der Waals surface area contributed by atoms with Crippen molar-refractivity contribution in [3.8, 4) is 0 Å². The third-order valence-electron chi connectivity index (χ3n) is 1.30. The zero-order chi connectivity index (χ0) is 6.53. The summed E-state index contributed by atoms with van der Waals surface area (Å²) in [4.78, 5) is 0. The molecule has 0 aliphatic heterocycles. The summed E-state index contributed by atoms with van der Waals surface area (Å²) < 4.78 is 4.89. The van der Waals surface area contributed by atoms with Crippen molar-refractivity contribution >= 4 is 0 Å². The predicted molar refractivity (Wildman–Crippen MR) is 37.0 cm³/mol. The molecule has 0 fully saturated rings. The Labute approximate surface area is 55.7 Å². The van der Waals surface area contributed by atoms with Crippen LogP contribution in [0.15, 0.2) is 23.0 Å². The molecule has 1 heterocycles. The molecule has 0 N–H and O–H groups in total.